The first-order valence-electron chi connectivity index (χ1n) is 7.98. The van der Waals surface area contributed by atoms with Crippen LogP contribution in [0.3, 0.4) is 0 Å². The third-order valence-electron chi connectivity index (χ3n) is 3.80. The summed E-state index contributed by atoms with van der Waals surface area (Å²) in [5, 5.41) is 3.06. The Morgan fingerprint density at radius 3 is 2.43 bits per heavy atom. The monoisotopic (exact) mass is 444 g/mol. The normalized spacial score (nSPS) is 11.4. The van der Waals surface area contributed by atoms with Crippen molar-refractivity contribution in [2.45, 2.75) is 11.8 Å². The van der Waals surface area contributed by atoms with Gasteiger partial charge in [0.05, 0.1) is 10.6 Å². The van der Waals surface area contributed by atoms with Gasteiger partial charge in [-0.05, 0) is 42.8 Å². The molecule has 10 heteroatoms. The third kappa shape index (κ3) is 5.02. The molecule has 0 atom stereocenters. The highest BCUT2D eigenvalue weighted by Gasteiger charge is 2.23. The maximum absolute atomic E-state index is 12.3. The minimum absolute atomic E-state index is 0.0283. The topological polar surface area (TPSA) is 92.8 Å². The van der Waals surface area contributed by atoms with E-state index in [4.69, 9.17) is 27.9 Å². The predicted molar refractivity (Wildman–Crippen MR) is 107 cm³/mol. The first-order chi connectivity index (χ1) is 13.0. The number of carbonyl (C=O) groups is 2. The molecule has 2 aromatic carbocycles. The van der Waals surface area contributed by atoms with Crippen LogP contribution in [0.25, 0.3) is 0 Å². The van der Waals surface area contributed by atoms with E-state index in [1.54, 1.807) is 25.1 Å². The van der Waals surface area contributed by atoms with Crippen LogP contribution >= 0.6 is 23.2 Å². The second kappa shape index (κ2) is 8.91. The minimum atomic E-state index is -3.84. The minimum Gasteiger partial charge on any atom is -0.452 e. The van der Waals surface area contributed by atoms with Gasteiger partial charge in [-0.25, -0.2) is 17.5 Å². The fourth-order valence-corrected chi connectivity index (χ4v) is 3.74. The SMILES string of the molecule is Cc1c(Cl)cccc1NC(=O)COC(=O)c1ccc(Cl)c(S(=O)(=O)N(C)C)c1. The molecule has 1 N–H and O–H groups in total. The summed E-state index contributed by atoms with van der Waals surface area (Å²) in [5.74, 6) is -1.42. The van der Waals surface area contributed by atoms with Crippen LogP contribution in [0.5, 0.6) is 0 Å². The van der Waals surface area contributed by atoms with Crippen molar-refractivity contribution in [3.8, 4) is 0 Å². The van der Waals surface area contributed by atoms with Crippen LogP contribution in [-0.2, 0) is 19.6 Å². The molecule has 0 fully saturated rings. The quantitative estimate of drug-likeness (QED) is 0.689. The molecule has 2 rings (SSSR count). The average molecular weight is 445 g/mol. The van der Waals surface area contributed by atoms with Crippen LogP contribution in [0.15, 0.2) is 41.3 Å². The van der Waals surface area contributed by atoms with Gasteiger partial charge in [-0.2, -0.15) is 0 Å². The van der Waals surface area contributed by atoms with E-state index in [-0.39, 0.29) is 15.5 Å². The number of benzene rings is 2. The van der Waals surface area contributed by atoms with Crippen molar-refractivity contribution < 1.29 is 22.7 Å². The zero-order valence-electron chi connectivity index (χ0n) is 15.3. The van der Waals surface area contributed by atoms with Crippen molar-refractivity contribution in [2.75, 3.05) is 26.0 Å². The number of sulfonamides is 1. The number of nitrogens with zero attached hydrogens (tertiary/aromatic N) is 1. The second-order valence-electron chi connectivity index (χ2n) is 5.97. The van der Waals surface area contributed by atoms with Gasteiger partial charge in [-0.1, -0.05) is 29.3 Å². The van der Waals surface area contributed by atoms with Gasteiger partial charge in [0.2, 0.25) is 10.0 Å². The summed E-state index contributed by atoms with van der Waals surface area (Å²) >= 11 is 11.9. The Kier molecular flexibility index (Phi) is 7.06. The lowest BCUT2D eigenvalue weighted by Gasteiger charge is -2.14. The van der Waals surface area contributed by atoms with Crippen LogP contribution < -0.4 is 5.32 Å². The van der Waals surface area contributed by atoms with Gasteiger partial charge in [0.15, 0.2) is 6.61 Å². The van der Waals surface area contributed by atoms with Crippen molar-refractivity contribution >= 4 is 50.8 Å². The summed E-state index contributed by atoms with van der Waals surface area (Å²) in [6.45, 7) is 1.19. The third-order valence-corrected chi connectivity index (χ3v) is 6.51. The summed E-state index contributed by atoms with van der Waals surface area (Å²) in [7, 11) is -1.15. The molecule has 0 aromatic heterocycles. The Labute approximate surface area is 173 Å². The van der Waals surface area contributed by atoms with E-state index in [0.717, 1.165) is 10.4 Å². The Morgan fingerprint density at radius 1 is 1.11 bits per heavy atom. The summed E-state index contributed by atoms with van der Waals surface area (Å²) in [4.78, 5) is 24.0. The van der Waals surface area contributed by atoms with Gasteiger partial charge in [0.25, 0.3) is 5.91 Å². The van der Waals surface area contributed by atoms with Crippen molar-refractivity contribution in [3.63, 3.8) is 0 Å². The maximum Gasteiger partial charge on any atom is 0.338 e. The molecule has 0 saturated heterocycles. The fraction of sp³-hybridized carbons (Fsp3) is 0.222. The van der Waals surface area contributed by atoms with E-state index in [1.807, 2.05) is 0 Å². The van der Waals surface area contributed by atoms with E-state index in [0.29, 0.717) is 16.3 Å². The fourth-order valence-electron chi connectivity index (χ4n) is 2.17. The van der Waals surface area contributed by atoms with Crippen LogP contribution in [0.2, 0.25) is 10.0 Å². The molecule has 150 valence electrons. The predicted octanol–water partition coefficient (Wildman–Crippen LogP) is 3.35. The molecular weight excluding hydrogens is 427 g/mol. The number of carbonyl (C=O) groups excluding carboxylic acids is 2. The molecule has 0 saturated carbocycles. The standard InChI is InChI=1S/C18H18Cl2N2O5S/c1-11-13(19)5-4-6-15(11)21-17(23)10-27-18(24)12-7-8-14(20)16(9-12)28(25,26)22(2)3/h4-9H,10H2,1-3H3,(H,21,23). The Morgan fingerprint density at radius 2 is 1.79 bits per heavy atom. The molecule has 1 amide bonds. The smallest absolute Gasteiger partial charge is 0.338 e. The van der Waals surface area contributed by atoms with E-state index in [1.165, 1.54) is 26.2 Å². The summed E-state index contributed by atoms with van der Waals surface area (Å²) in [6.07, 6.45) is 0. The van der Waals surface area contributed by atoms with Crippen LogP contribution in [0.4, 0.5) is 5.69 Å². The number of amides is 1. The summed E-state index contributed by atoms with van der Waals surface area (Å²) in [5.41, 5.74) is 1.14. The zero-order chi connectivity index (χ0) is 21.1. The number of hydrogen-bond acceptors (Lipinski definition) is 5. The second-order valence-corrected chi connectivity index (χ2v) is 8.90. The van der Waals surface area contributed by atoms with Gasteiger partial charge < -0.3 is 10.1 Å². The molecule has 0 spiro atoms. The van der Waals surface area contributed by atoms with Gasteiger partial charge in [0.1, 0.15) is 4.90 Å². The van der Waals surface area contributed by atoms with E-state index in [9.17, 15) is 18.0 Å². The average Bonchev–Trinajstić information content (AvgIpc) is 2.63. The van der Waals surface area contributed by atoms with Gasteiger partial charge in [-0.3, -0.25) is 4.79 Å². The Balaban J connectivity index is 2.09. The van der Waals surface area contributed by atoms with Gasteiger partial charge in [-0.15, -0.1) is 0 Å². The molecule has 7 nitrogen and oxygen atoms in total. The highest BCUT2D eigenvalue weighted by molar-refractivity contribution is 7.89. The number of esters is 1. The Bertz CT molecular complexity index is 1020. The lowest BCUT2D eigenvalue weighted by atomic mass is 10.2. The van der Waals surface area contributed by atoms with Crippen molar-refractivity contribution in [2.24, 2.45) is 0 Å². The summed E-state index contributed by atoms with van der Waals surface area (Å²) in [6, 6.07) is 8.74. The lowest BCUT2D eigenvalue weighted by molar-refractivity contribution is -0.119. The van der Waals surface area contributed by atoms with Gasteiger partial charge in [0, 0.05) is 24.8 Å². The van der Waals surface area contributed by atoms with Gasteiger partial charge >= 0.3 is 5.97 Å². The molecule has 0 unspecified atom stereocenters. The largest absolute Gasteiger partial charge is 0.452 e. The molecule has 0 bridgehead atoms. The van der Waals surface area contributed by atoms with E-state index < -0.39 is 28.5 Å². The lowest BCUT2D eigenvalue weighted by Crippen LogP contribution is -2.23. The van der Waals surface area contributed by atoms with Crippen LogP contribution in [0, 0.1) is 6.92 Å². The molecule has 0 heterocycles. The number of rotatable bonds is 6. The highest BCUT2D eigenvalue weighted by Crippen LogP contribution is 2.25. The maximum atomic E-state index is 12.3. The molecule has 0 aliphatic carbocycles. The van der Waals surface area contributed by atoms with E-state index >= 15 is 0 Å². The van der Waals surface area contributed by atoms with E-state index in [2.05, 4.69) is 5.32 Å². The molecule has 2 aromatic rings. The molecule has 0 radical (unpaired) electrons. The first-order valence-corrected chi connectivity index (χ1v) is 10.2. The first kappa shape index (κ1) is 22.2. The van der Waals surface area contributed by atoms with Crippen LogP contribution in [-0.4, -0.2) is 45.3 Å². The number of anilines is 1. The molecule has 0 aliphatic rings. The Hall–Kier alpha value is -2.13. The van der Waals surface area contributed by atoms with Crippen molar-refractivity contribution in [1.82, 2.24) is 4.31 Å². The number of halogens is 2. The number of hydrogen-bond donors (Lipinski definition) is 1. The molecule has 0 aliphatic heterocycles. The molecule has 28 heavy (non-hydrogen) atoms. The molecular formula is C18H18Cl2N2O5S. The van der Waals surface area contributed by atoms with Crippen molar-refractivity contribution in [1.29, 1.82) is 0 Å². The highest BCUT2D eigenvalue weighted by atomic mass is 35.5. The summed E-state index contributed by atoms with van der Waals surface area (Å²) < 4.78 is 30.5. The number of ether oxygens (including phenoxy) is 1. The van der Waals surface area contributed by atoms with Crippen LogP contribution in [0.1, 0.15) is 15.9 Å². The van der Waals surface area contributed by atoms with Crippen molar-refractivity contribution in [3.05, 3.63) is 57.6 Å². The zero-order valence-corrected chi connectivity index (χ0v) is 17.7. The number of nitrogens with one attached hydrogen (secondary N) is 1.